The second kappa shape index (κ2) is 10.1. The lowest BCUT2D eigenvalue weighted by Gasteiger charge is -2.29. The van der Waals surface area contributed by atoms with Gasteiger partial charge in [0.25, 0.3) is 5.91 Å². The third-order valence-electron chi connectivity index (χ3n) is 3.97. The Morgan fingerprint density at radius 1 is 1.04 bits per heavy atom. The van der Waals surface area contributed by atoms with E-state index in [9.17, 15) is 9.59 Å². The lowest BCUT2D eigenvalue weighted by atomic mass is 10.1. The maximum absolute atomic E-state index is 12.8. The van der Waals surface area contributed by atoms with Crippen LogP contribution in [0.3, 0.4) is 0 Å². The van der Waals surface area contributed by atoms with E-state index in [-0.39, 0.29) is 24.5 Å². The van der Waals surface area contributed by atoms with Crippen molar-refractivity contribution in [1.82, 2.24) is 10.2 Å². The van der Waals surface area contributed by atoms with Crippen molar-refractivity contribution in [3.8, 4) is 5.75 Å². The largest absolute Gasteiger partial charge is 0.484 e. The predicted octanol–water partition coefficient (Wildman–Crippen LogP) is 3.77. The van der Waals surface area contributed by atoms with Crippen LogP contribution in [-0.4, -0.2) is 35.4 Å². The van der Waals surface area contributed by atoms with Crippen molar-refractivity contribution >= 4 is 27.7 Å². The van der Waals surface area contributed by atoms with E-state index in [0.29, 0.717) is 12.3 Å². The van der Waals surface area contributed by atoms with Crippen LogP contribution in [0.2, 0.25) is 0 Å². The molecule has 2 aromatic rings. The first-order valence-corrected chi connectivity index (χ1v) is 9.68. The van der Waals surface area contributed by atoms with Gasteiger partial charge in [-0.1, -0.05) is 46.3 Å². The fourth-order valence-electron chi connectivity index (χ4n) is 2.53. The van der Waals surface area contributed by atoms with Gasteiger partial charge in [-0.25, -0.2) is 0 Å². The molecular formula is C21H25BrN2O3. The van der Waals surface area contributed by atoms with Gasteiger partial charge in [-0.2, -0.15) is 0 Å². The van der Waals surface area contributed by atoms with E-state index in [1.54, 1.807) is 24.0 Å². The zero-order chi connectivity index (χ0) is 19.8. The first-order chi connectivity index (χ1) is 12.9. The Labute approximate surface area is 168 Å². The summed E-state index contributed by atoms with van der Waals surface area (Å²) in [7, 11) is 0. The summed E-state index contributed by atoms with van der Waals surface area (Å²) >= 11 is 3.37. The van der Waals surface area contributed by atoms with Gasteiger partial charge in [0.1, 0.15) is 11.8 Å². The second-order valence-electron chi connectivity index (χ2n) is 6.59. The quantitative estimate of drug-likeness (QED) is 0.690. The highest BCUT2D eigenvalue weighted by Gasteiger charge is 2.26. The summed E-state index contributed by atoms with van der Waals surface area (Å²) in [5.74, 6) is 0.177. The van der Waals surface area contributed by atoms with E-state index in [1.165, 1.54) is 0 Å². The molecule has 0 unspecified atom stereocenters. The number of hydrogen-bond acceptors (Lipinski definition) is 3. The van der Waals surface area contributed by atoms with Crippen molar-refractivity contribution in [2.45, 2.75) is 39.4 Å². The molecule has 6 heteroatoms. The first-order valence-electron chi connectivity index (χ1n) is 8.89. The zero-order valence-electron chi connectivity index (χ0n) is 15.8. The maximum Gasteiger partial charge on any atom is 0.261 e. The Balaban J connectivity index is 2.10. The average molecular weight is 433 g/mol. The molecule has 2 amide bonds. The Bertz CT molecular complexity index is 748. The van der Waals surface area contributed by atoms with E-state index in [2.05, 4.69) is 21.2 Å². The van der Waals surface area contributed by atoms with E-state index in [0.717, 1.165) is 10.0 Å². The molecular weight excluding hydrogens is 408 g/mol. The molecule has 5 nitrogen and oxygen atoms in total. The summed E-state index contributed by atoms with van der Waals surface area (Å²) in [6.45, 7) is 5.73. The molecule has 0 radical (unpaired) electrons. The Morgan fingerprint density at radius 2 is 1.67 bits per heavy atom. The number of hydrogen-bond donors (Lipinski definition) is 1. The smallest absolute Gasteiger partial charge is 0.261 e. The van der Waals surface area contributed by atoms with Crippen molar-refractivity contribution < 1.29 is 14.3 Å². The van der Waals surface area contributed by atoms with E-state index >= 15 is 0 Å². The van der Waals surface area contributed by atoms with Crippen LogP contribution >= 0.6 is 15.9 Å². The fraction of sp³-hybridized carbons (Fsp3) is 0.333. The Morgan fingerprint density at radius 3 is 2.26 bits per heavy atom. The maximum atomic E-state index is 12.8. The number of halogens is 1. The van der Waals surface area contributed by atoms with Gasteiger partial charge in [0.2, 0.25) is 5.91 Å². The molecule has 1 N–H and O–H groups in total. The molecule has 0 spiro atoms. The molecule has 0 saturated carbocycles. The first kappa shape index (κ1) is 21.0. The normalized spacial score (nSPS) is 11.7. The van der Waals surface area contributed by atoms with Crippen LogP contribution in [0.4, 0.5) is 0 Å². The van der Waals surface area contributed by atoms with Crippen LogP contribution < -0.4 is 10.1 Å². The van der Waals surface area contributed by atoms with Gasteiger partial charge in [-0.15, -0.1) is 0 Å². The van der Waals surface area contributed by atoms with Gasteiger partial charge in [-0.05, 0) is 50.6 Å². The summed E-state index contributed by atoms with van der Waals surface area (Å²) in [6, 6.07) is 16.3. The molecule has 0 aliphatic heterocycles. The SMILES string of the molecule is CC(C)NC(=O)[C@H](C)N(Cc1ccccc1)C(=O)COc1ccc(Br)cc1. The molecule has 0 saturated heterocycles. The minimum absolute atomic E-state index is 0.00708. The van der Waals surface area contributed by atoms with Gasteiger partial charge < -0.3 is 15.0 Å². The van der Waals surface area contributed by atoms with Crippen molar-refractivity contribution in [2.24, 2.45) is 0 Å². The topological polar surface area (TPSA) is 58.6 Å². The fourth-order valence-corrected chi connectivity index (χ4v) is 2.79. The van der Waals surface area contributed by atoms with E-state index in [4.69, 9.17) is 4.74 Å². The van der Waals surface area contributed by atoms with E-state index < -0.39 is 6.04 Å². The lowest BCUT2D eigenvalue weighted by Crippen LogP contribution is -2.50. The van der Waals surface area contributed by atoms with Crippen LogP contribution in [0.5, 0.6) is 5.75 Å². The van der Waals surface area contributed by atoms with Crippen molar-refractivity contribution in [2.75, 3.05) is 6.61 Å². The summed E-state index contributed by atoms with van der Waals surface area (Å²) < 4.78 is 6.54. The van der Waals surface area contributed by atoms with Crippen LogP contribution in [0.25, 0.3) is 0 Å². The highest BCUT2D eigenvalue weighted by Crippen LogP contribution is 2.17. The van der Waals surface area contributed by atoms with Gasteiger partial charge in [0, 0.05) is 17.1 Å². The number of carbonyl (C=O) groups is 2. The van der Waals surface area contributed by atoms with Gasteiger partial charge >= 0.3 is 0 Å². The van der Waals surface area contributed by atoms with Crippen LogP contribution in [0, 0.1) is 0 Å². The monoisotopic (exact) mass is 432 g/mol. The molecule has 0 aliphatic rings. The van der Waals surface area contributed by atoms with Crippen molar-refractivity contribution in [3.63, 3.8) is 0 Å². The number of ether oxygens (including phenoxy) is 1. The standard InChI is InChI=1S/C21H25BrN2O3/c1-15(2)23-21(26)16(3)24(13-17-7-5-4-6-8-17)20(25)14-27-19-11-9-18(22)10-12-19/h4-12,15-16H,13-14H2,1-3H3,(H,23,26)/t16-/m0/s1. The van der Waals surface area contributed by atoms with Gasteiger partial charge in [0.15, 0.2) is 6.61 Å². The summed E-state index contributed by atoms with van der Waals surface area (Å²) in [6.07, 6.45) is 0. The molecule has 0 fully saturated rings. The number of benzene rings is 2. The third kappa shape index (κ3) is 6.71. The lowest BCUT2D eigenvalue weighted by molar-refractivity contribution is -0.142. The predicted molar refractivity (Wildman–Crippen MR) is 109 cm³/mol. The average Bonchev–Trinajstić information content (AvgIpc) is 2.65. The zero-order valence-corrected chi connectivity index (χ0v) is 17.4. The number of nitrogens with one attached hydrogen (secondary N) is 1. The molecule has 27 heavy (non-hydrogen) atoms. The number of carbonyl (C=O) groups excluding carboxylic acids is 2. The number of rotatable bonds is 8. The molecule has 144 valence electrons. The summed E-state index contributed by atoms with van der Waals surface area (Å²) in [5, 5.41) is 2.86. The Hall–Kier alpha value is -2.34. The molecule has 2 aromatic carbocycles. The molecule has 0 bridgehead atoms. The third-order valence-corrected chi connectivity index (χ3v) is 4.50. The number of nitrogens with zero attached hydrogens (tertiary/aromatic N) is 1. The highest BCUT2D eigenvalue weighted by molar-refractivity contribution is 9.10. The Kier molecular flexibility index (Phi) is 7.85. The minimum atomic E-state index is -0.603. The minimum Gasteiger partial charge on any atom is -0.484 e. The molecule has 2 rings (SSSR count). The molecule has 0 aliphatic carbocycles. The van der Waals surface area contributed by atoms with Crippen molar-refractivity contribution in [3.05, 3.63) is 64.6 Å². The summed E-state index contributed by atoms with van der Waals surface area (Å²) in [5.41, 5.74) is 0.957. The van der Waals surface area contributed by atoms with Gasteiger partial charge in [0.05, 0.1) is 0 Å². The molecule has 0 aromatic heterocycles. The van der Waals surface area contributed by atoms with Crippen LogP contribution in [-0.2, 0) is 16.1 Å². The van der Waals surface area contributed by atoms with E-state index in [1.807, 2.05) is 56.3 Å². The molecule has 0 heterocycles. The molecule has 1 atom stereocenters. The highest BCUT2D eigenvalue weighted by atomic mass is 79.9. The van der Waals surface area contributed by atoms with Gasteiger partial charge in [-0.3, -0.25) is 9.59 Å². The second-order valence-corrected chi connectivity index (χ2v) is 7.50. The van der Waals surface area contributed by atoms with Crippen LogP contribution in [0.1, 0.15) is 26.3 Å². The number of amides is 2. The van der Waals surface area contributed by atoms with Crippen LogP contribution in [0.15, 0.2) is 59.1 Å². The van der Waals surface area contributed by atoms with Crippen molar-refractivity contribution in [1.29, 1.82) is 0 Å². The summed E-state index contributed by atoms with van der Waals surface area (Å²) in [4.78, 5) is 26.8.